The van der Waals surface area contributed by atoms with Crippen LogP contribution in [0.15, 0.2) is 60.7 Å². The smallest absolute Gasteiger partial charge is 0.256 e. The second-order valence-electron chi connectivity index (χ2n) is 11.7. The lowest BCUT2D eigenvalue weighted by molar-refractivity contribution is -0.111. The third kappa shape index (κ3) is 6.80. The summed E-state index contributed by atoms with van der Waals surface area (Å²) in [6.07, 6.45) is 9.87. The normalized spacial score (nSPS) is 17.7. The fraction of sp³-hybridized carbons (Fsp3) is 0.343. The lowest BCUT2D eigenvalue weighted by atomic mass is 9.93. The zero-order valence-corrected chi connectivity index (χ0v) is 25.6. The highest BCUT2D eigenvalue weighted by molar-refractivity contribution is 6.05. The van der Waals surface area contributed by atoms with E-state index in [1.54, 1.807) is 31.4 Å². The maximum atomic E-state index is 13.1. The van der Waals surface area contributed by atoms with E-state index in [-0.39, 0.29) is 17.0 Å². The van der Waals surface area contributed by atoms with Gasteiger partial charge in [0, 0.05) is 49.9 Å². The standard InChI is InChI=1S/C35H37N7O3/c1-22-18-31-30(39-33-8-5-17-42(31)33)20-27(22)29-6-3-7-32(38-29)41-35(44)23-10-15-28(24(19-23)21-36)40-34(43)9-4-16-37-25-11-13-26(45-2)14-12-25/h3-4,6-7,9-10,15,18-20,25-26,37H,5,8,11-14,16-17H2,1-2H3,(H,40,43)(H,38,41,44)/b9-4+. The number of nitriles is 1. The second-order valence-corrected chi connectivity index (χ2v) is 11.7. The molecule has 2 aromatic carbocycles. The van der Waals surface area contributed by atoms with E-state index in [9.17, 15) is 14.9 Å². The number of anilines is 2. The van der Waals surface area contributed by atoms with Gasteiger partial charge in [-0.05, 0) is 87.1 Å². The van der Waals surface area contributed by atoms with Gasteiger partial charge in [-0.2, -0.15) is 5.26 Å². The maximum absolute atomic E-state index is 13.1. The highest BCUT2D eigenvalue weighted by Gasteiger charge is 2.20. The van der Waals surface area contributed by atoms with Gasteiger partial charge in [-0.15, -0.1) is 0 Å². The van der Waals surface area contributed by atoms with Gasteiger partial charge in [0.2, 0.25) is 5.91 Å². The average molecular weight is 604 g/mol. The number of carbonyl (C=O) groups excluding carboxylic acids is 2. The van der Waals surface area contributed by atoms with Gasteiger partial charge in [-0.3, -0.25) is 9.59 Å². The molecule has 3 heterocycles. The second kappa shape index (κ2) is 13.4. The average Bonchev–Trinajstić information content (AvgIpc) is 3.65. The number of benzene rings is 2. The van der Waals surface area contributed by atoms with Crippen LogP contribution in [0.2, 0.25) is 0 Å². The van der Waals surface area contributed by atoms with E-state index < -0.39 is 5.91 Å². The highest BCUT2D eigenvalue weighted by Crippen LogP contribution is 2.31. The van der Waals surface area contributed by atoms with Crippen molar-refractivity contribution in [1.29, 1.82) is 5.26 Å². The Morgan fingerprint density at radius 2 is 1.93 bits per heavy atom. The van der Waals surface area contributed by atoms with E-state index >= 15 is 0 Å². The summed E-state index contributed by atoms with van der Waals surface area (Å²) in [5.41, 5.74) is 5.68. The first-order chi connectivity index (χ1) is 21.9. The van der Waals surface area contributed by atoms with E-state index in [1.165, 1.54) is 12.1 Å². The van der Waals surface area contributed by atoms with Crippen LogP contribution in [0.5, 0.6) is 0 Å². The number of nitrogens with zero attached hydrogens (tertiary/aromatic N) is 4. The molecule has 0 spiro atoms. The maximum Gasteiger partial charge on any atom is 0.256 e. The molecule has 1 aliphatic carbocycles. The Labute approximate surface area is 262 Å². The Bertz CT molecular complexity index is 1810. The van der Waals surface area contributed by atoms with Crippen molar-refractivity contribution in [2.45, 2.75) is 64.1 Å². The van der Waals surface area contributed by atoms with Gasteiger partial charge in [0.15, 0.2) is 0 Å². The molecule has 0 radical (unpaired) electrons. The largest absolute Gasteiger partial charge is 0.381 e. The minimum Gasteiger partial charge on any atom is -0.381 e. The number of ether oxygens (including phenoxy) is 1. The van der Waals surface area contributed by atoms with Crippen LogP contribution in [0, 0.1) is 18.3 Å². The van der Waals surface area contributed by atoms with Gasteiger partial charge in [0.05, 0.1) is 34.1 Å². The van der Waals surface area contributed by atoms with Crippen molar-refractivity contribution < 1.29 is 14.3 Å². The van der Waals surface area contributed by atoms with Gasteiger partial charge in [-0.25, -0.2) is 9.97 Å². The molecule has 3 N–H and O–H groups in total. The van der Waals surface area contributed by atoms with E-state index in [2.05, 4.69) is 45.6 Å². The molecule has 10 nitrogen and oxygen atoms in total. The Hall–Kier alpha value is -4.85. The molecular weight excluding hydrogens is 566 g/mol. The molecule has 0 atom stereocenters. The zero-order valence-electron chi connectivity index (χ0n) is 25.6. The van der Waals surface area contributed by atoms with E-state index in [4.69, 9.17) is 14.7 Å². The molecule has 6 rings (SSSR count). The first-order valence-corrected chi connectivity index (χ1v) is 15.5. The van der Waals surface area contributed by atoms with Crippen LogP contribution in [0.4, 0.5) is 11.5 Å². The zero-order chi connectivity index (χ0) is 31.3. The predicted molar refractivity (Wildman–Crippen MR) is 174 cm³/mol. The Kier molecular flexibility index (Phi) is 9.01. The fourth-order valence-electron chi connectivity index (χ4n) is 6.24. The van der Waals surface area contributed by atoms with Gasteiger partial charge in [-0.1, -0.05) is 12.1 Å². The summed E-state index contributed by atoms with van der Waals surface area (Å²) in [7, 11) is 1.76. The monoisotopic (exact) mass is 603 g/mol. The van der Waals surface area contributed by atoms with E-state index in [0.29, 0.717) is 30.2 Å². The first-order valence-electron chi connectivity index (χ1n) is 15.5. The highest BCUT2D eigenvalue weighted by atomic mass is 16.5. The Morgan fingerprint density at radius 3 is 2.73 bits per heavy atom. The van der Waals surface area contributed by atoms with Crippen LogP contribution >= 0.6 is 0 Å². The molecule has 0 bridgehead atoms. The number of carbonyl (C=O) groups is 2. The third-order valence-electron chi connectivity index (χ3n) is 8.68. The Balaban J connectivity index is 1.07. The number of hydrogen-bond acceptors (Lipinski definition) is 7. The molecule has 4 aromatic rings. The minimum absolute atomic E-state index is 0.190. The molecule has 2 aromatic heterocycles. The first kappa shape index (κ1) is 30.2. The lowest BCUT2D eigenvalue weighted by Gasteiger charge is -2.27. The number of aryl methyl sites for hydroxylation is 3. The van der Waals surface area contributed by atoms with Crippen LogP contribution < -0.4 is 16.0 Å². The fourth-order valence-corrected chi connectivity index (χ4v) is 6.24. The number of rotatable bonds is 9. The van der Waals surface area contributed by atoms with Crippen molar-refractivity contribution in [3.8, 4) is 17.3 Å². The number of pyridine rings is 1. The number of fused-ring (bicyclic) bond motifs is 3. The number of hydrogen-bond donors (Lipinski definition) is 3. The van der Waals surface area contributed by atoms with Crippen molar-refractivity contribution in [2.24, 2.45) is 0 Å². The van der Waals surface area contributed by atoms with Crippen LogP contribution in [-0.4, -0.2) is 52.1 Å². The number of amides is 2. The topological polar surface area (TPSA) is 134 Å². The SMILES string of the molecule is COC1CCC(NC/C=C/C(=O)Nc2ccc(C(=O)Nc3cccc(-c4cc5nc6n(c5cc4C)CCC6)n3)cc2C#N)CC1. The van der Waals surface area contributed by atoms with Crippen molar-refractivity contribution >= 4 is 34.4 Å². The number of aromatic nitrogens is 3. The summed E-state index contributed by atoms with van der Waals surface area (Å²) >= 11 is 0. The van der Waals surface area contributed by atoms with Gasteiger partial charge in [0.25, 0.3) is 5.91 Å². The summed E-state index contributed by atoms with van der Waals surface area (Å²) in [4.78, 5) is 35.2. The van der Waals surface area contributed by atoms with Crippen molar-refractivity contribution in [3.05, 3.63) is 83.2 Å². The molecule has 1 aliphatic heterocycles. The number of methoxy groups -OCH3 is 1. The van der Waals surface area contributed by atoms with Crippen LogP contribution in [0.1, 0.15) is 59.4 Å². The van der Waals surface area contributed by atoms with Gasteiger partial charge in [0.1, 0.15) is 17.7 Å². The molecule has 2 amide bonds. The third-order valence-corrected chi connectivity index (χ3v) is 8.68. The molecule has 0 unspecified atom stereocenters. The van der Waals surface area contributed by atoms with Crippen LogP contribution in [0.3, 0.4) is 0 Å². The molecule has 10 heteroatoms. The summed E-state index contributed by atoms with van der Waals surface area (Å²) in [6.45, 7) is 3.63. The van der Waals surface area contributed by atoms with Crippen LogP contribution in [0.25, 0.3) is 22.3 Å². The molecular formula is C35H37N7O3. The van der Waals surface area contributed by atoms with Crippen LogP contribution in [-0.2, 0) is 22.5 Å². The van der Waals surface area contributed by atoms with Crippen molar-refractivity contribution in [3.63, 3.8) is 0 Å². The molecule has 2 aliphatic rings. The van der Waals surface area contributed by atoms with E-state index in [0.717, 1.165) is 78.7 Å². The number of nitrogens with one attached hydrogen (secondary N) is 3. The quantitative estimate of drug-likeness (QED) is 0.215. The van der Waals surface area contributed by atoms with E-state index in [1.807, 2.05) is 12.1 Å². The summed E-state index contributed by atoms with van der Waals surface area (Å²) in [6, 6.07) is 16.8. The van der Waals surface area contributed by atoms with Gasteiger partial charge >= 0.3 is 0 Å². The Morgan fingerprint density at radius 1 is 1.09 bits per heavy atom. The lowest BCUT2D eigenvalue weighted by Crippen LogP contribution is -2.35. The van der Waals surface area contributed by atoms with Crippen molar-refractivity contribution in [2.75, 3.05) is 24.3 Å². The summed E-state index contributed by atoms with van der Waals surface area (Å²) in [5, 5.41) is 18.8. The predicted octanol–water partition coefficient (Wildman–Crippen LogP) is 5.52. The number of imidazole rings is 1. The molecule has 45 heavy (non-hydrogen) atoms. The summed E-state index contributed by atoms with van der Waals surface area (Å²) in [5.74, 6) is 0.768. The molecule has 1 fully saturated rings. The molecule has 0 saturated heterocycles. The molecule has 230 valence electrons. The minimum atomic E-state index is -0.405. The van der Waals surface area contributed by atoms with Gasteiger partial charge < -0.3 is 25.3 Å². The van der Waals surface area contributed by atoms with Crippen molar-refractivity contribution in [1.82, 2.24) is 19.9 Å². The summed E-state index contributed by atoms with van der Waals surface area (Å²) < 4.78 is 7.70. The molecule has 1 saturated carbocycles.